The first-order valence-corrected chi connectivity index (χ1v) is 6.52. The quantitative estimate of drug-likeness (QED) is 0.190. The monoisotopic (exact) mass is 299 g/mol. The third-order valence-corrected chi connectivity index (χ3v) is 2.90. The zero-order valence-corrected chi connectivity index (χ0v) is 12.0. The van der Waals surface area contributed by atoms with E-state index in [1.807, 2.05) is 13.8 Å². The molecule has 0 aliphatic heterocycles. The highest BCUT2D eigenvalue weighted by Gasteiger charge is 2.27. The zero-order chi connectivity index (χ0) is 15.6. The van der Waals surface area contributed by atoms with Crippen LogP contribution in [0.5, 0.6) is 0 Å². The highest BCUT2D eigenvalue weighted by molar-refractivity contribution is 5.85. The highest BCUT2D eigenvalue weighted by Crippen LogP contribution is 2.23. The van der Waals surface area contributed by atoms with Crippen LogP contribution in [0, 0.1) is 5.41 Å². The number of halogens is 3. The van der Waals surface area contributed by atoms with Crippen molar-refractivity contribution in [3.63, 3.8) is 0 Å². The summed E-state index contributed by atoms with van der Waals surface area (Å²) >= 11 is 0. The molecule has 120 valence electrons. The number of nitrogens with zero attached hydrogens (tertiary/aromatic N) is 1. The van der Waals surface area contributed by atoms with Gasteiger partial charge in [0.15, 0.2) is 0 Å². The Labute approximate surface area is 117 Å². The summed E-state index contributed by atoms with van der Waals surface area (Å²) in [7, 11) is 0. The predicted octanol–water partition coefficient (Wildman–Crippen LogP) is 2.10. The Morgan fingerprint density at radius 3 is 2.45 bits per heavy atom. The summed E-state index contributed by atoms with van der Waals surface area (Å²) in [6.07, 6.45) is -1.75. The molecular formula is C12H24F3N3O2. The van der Waals surface area contributed by atoms with Gasteiger partial charge in [0.1, 0.15) is 12.4 Å². The van der Waals surface area contributed by atoms with Crippen molar-refractivity contribution in [2.24, 2.45) is 16.3 Å². The standard InChI is InChI=1S/C12H24F3N3O2/c1-11(2,10(16)18-19)5-3-4-6-17-7-8-20-9-12(13,14)15/h17,19H,3-9H2,1-2H3,(H2,16,18). The molecule has 0 saturated heterocycles. The van der Waals surface area contributed by atoms with Crippen molar-refractivity contribution in [1.82, 2.24) is 5.32 Å². The minimum absolute atomic E-state index is 0.0368. The second-order valence-corrected chi connectivity index (χ2v) is 5.24. The van der Waals surface area contributed by atoms with E-state index < -0.39 is 12.8 Å². The van der Waals surface area contributed by atoms with Gasteiger partial charge in [0.2, 0.25) is 0 Å². The van der Waals surface area contributed by atoms with Crippen LogP contribution >= 0.6 is 0 Å². The van der Waals surface area contributed by atoms with E-state index in [0.717, 1.165) is 19.3 Å². The van der Waals surface area contributed by atoms with Crippen LogP contribution in [-0.2, 0) is 4.74 Å². The van der Waals surface area contributed by atoms with E-state index in [-0.39, 0.29) is 17.9 Å². The smallest absolute Gasteiger partial charge is 0.409 e. The molecule has 20 heavy (non-hydrogen) atoms. The molecule has 0 aliphatic carbocycles. The lowest BCUT2D eigenvalue weighted by molar-refractivity contribution is -0.173. The van der Waals surface area contributed by atoms with Crippen molar-refractivity contribution in [2.45, 2.75) is 39.3 Å². The summed E-state index contributed by atoms with van der Waals surface area (Å²) < 4.78 is 39.7. The van der Waals surface area contributed by atoms with Crippen molar-refractivity contribution < 1.29 is 23.1 Å². The van der Waals surface area contributed by atoms with Crippen molar-refractivity contribution in [2.75, 3.05) is 26.3 Å². The second kappa shape index (κ2) is 9.02. The SMILES string of the molecule is CC(C)(CCCCNCCOCC(F)(F)F)C(N)=NO. The molecule has 0 spiro atoms. The fraction of sp³-hybridized carbons (Fsp3) is 0.917. The molecule has 4 N–H and O–H groups in total. The molecule has 0 heterocycles. The number of ether oxygens (including phenoxy) is 1. The molecule has 0 saturated carbocycles. The fourth-order valence-electron chi connectivity index (χ4n) is 1.54. The summed E-state index contributed by atoms with van der Waals surface area (Å²) in [5.41, 5.74) is 5.20. The van der Waals surface area contributed by atoms with Gasteiger partial charge in [-0.3, -0.25) is 0 Å². The van der Waals surface area contributed by atoms with Crippen LogP contribution in [-0.4, -0.2) is 43.5 Å². The zero-order valence-electron chi connectivity index (χ0n) is 12.0. The van der Waals surface area contributed by atoms with E-state index in [4.69, 9.17) is 10.9 Å². The van der Waals surface area contributed by atoms with Crippen LogP contribution in [0.25, 0.3) is 0 Å². The number of alkyl halides is 3. The van der Waals surface area contributed by atoms with Gasteiger partial charge < -0.3 is 21.0 Å². The Morgan fingerprint density at radius 1 is 1.25 bits per heavy atom. The molecule has 0 bridgehead atoms. The Balaban J connectivity index is 3.46. The lowest BCUT2D eigenvalue weighted by atomic mass is 9.86. The maximum Gasteiger partial charge on any atom is 0.411 e. The molecule has 5 nitrogen and oxygen atoms in total. The summed E-state index contributed by atoms with van der Waals surface area (Å²) in [5.74, 6) is 0.200. The van der Waals surface area contributed by atoms with E-state index in [2.05, 4.69) is 15.2 Å². The Kier molecular flexibility index (Phi) is 8.56. The number of hydrogen-bond acceptors (Lipinski definition) is 4. The maximum absolute atomic E-state index is 11.8. The average Bonchev–Trinajstić information content (AvgIpc) is 2.34. The molecule has 8 heteroatoms. The van der Waals surface area contributed by atoms with Crippen molar-refractivity contribution in [3.05, 3.63) is 0 Å². The van der Waals surface area contributed by atoms with Gasteiger partial charge in [0.25, 0.3) is 0 Å². The largest absolute Gasteiger partial charge is 0.411 e. The topological polar surface area (TPSA) is 79.9 Å². The van der Waals surface area contributed by atoms with E-state index >= 15 is 0 Å². The predicted molar refractivity (Wildman–Crippen MR) is 70.8 cm³/mol. The molecule has 0 unspecified atom stereocenters. The van der Waals surface area contributed by atoms with Crippen LogP contribution in [0.15, 0.2) is 5.16 Å². The highest BCUT2D eigenvalue weighted by atomic mass is 19.4. The van der Waals surface area contributed by atoms with Crippen LogP contribution in [0.3, 0.4) is 0 Å². The number of hydrogen-bond donors (Lipinski definition) is 3. The van der Waals surface area contributed by atoms with E-state index in [0.29, 0.717) is 13.1 Å². The van der Waals surface area contributed by atoms with Crippen LogP contribution < -0.4 is 11.1 Å². The molecule has 0 amide bonds. The molecule has 0 aromatic heterocycles. The van der Waals surface area contributed by atoms with E-state index in [1.54, 1.807) is 0 Å². The van der Waals surface area contributed by atoms with Crippen LogP contribution in [0.2, 0.25) is 0 Å². The van der Waals surface area contributed by atoms with E-state index in [9.17, 15) is 13.2 Å². The molecular weight excluding hydrogens is 275 g/mol. The van der Waals surface area contributed by atoms with Crippen LogP contribution in [0.4, 0.5) is 13.2 Å². The summed E-state index contributed by atoms with van der Waals surface area (Å²) in [5, 5.41) is 14.6. The minimum Gasteiger partial charge on any atom is -0.409 e. The number of amidine groups is 1. The summed E-state index contributed by atoms with van der Waals surface area (Å²) in [4.78, 5) is 0. The summed E-state index contributed by atoms with van der Waals surface area (Å²) in [6.45, 7) is 3.69. The molecule has 0 radical (unpaired) electrons. The minimum atomic E-state index is -4.26. The van der Waals surface area contributed by atoms with Gasteiger partial charge in [-0.15, -0.1) is 0 Å². The number of nitrogens with two attached hydrogens (primary N) is 1. The molecule has 0 rings (SSSR count). The van der Waals surface area contributed by atoms with Crippen molar-refractivity contribution in [3.8, 4) is 0 Å². The Morgan fingerprint density at radius 2 is 1.90 bits per heavy atom. The Hall–Kier alpha value is -1.02. The first-order chi connectivity index (χ1) is 9.19. The van der Waals surface area contributed by atoms with Gasteiger partial charge >= 0.3 is 6.18 Å². The Bertz CT molecular complexity index is 294. The van der Waals surface area contributed by atoms with Crippen LogP contribution in [0.1, 0.15) is 33.1 Å². The first kappa shape index (κ1) is 19.0. The number of rotatable bonds is 10. The van der Waals surface area contributed by atoms with Gasteiger partial charge in [-0.2, -0.15) is 13.2 Å². The van der Waals surface area contributed by atoms with Crippen molar-refractivity contribution >= 4 is 5.84 Å². The van der Waals surface area contributed by atoms with Gasteiger partial charge in [0.05, 0.1) is 6.61 Å². The third-order valence-electron chi connectivity index (χ3n) is 2.90. The summed E-state index contributed by atoms with van der Waals surface area (Å²) in [6, 6.07) is 0. The average molecular weight is 299 g/mol. The molecule has 0 fully saturated rings. The molecule has 0 atom stereocenters. The van der Waals surface area contributed by atoms with Gasteiger partial charge in [-0.1, -0.05) is 25.4 Å². The molecule has 0 aliphatic rings. The van der Waals surface area contributed by atoms with Gasteiger partial charge in [0, 0.05) is 12.0 Å². The fourth-order valence-corrected chi connectivity index (χ4v) is 1.54. The van der Waals surface area contributed by atoms with E-state index in [1.165, 1.54) is 0 Å². The lowest BCUT2D eigenvalue weighted by Gasteiger charge is -2.22. The van der Waals surface area contributed by atoms with Crippen molar-refractivity contribution in [1.29, 1.82) is 0 Å². The third kappa shape index (κ3) is 9.85. The van der Waals surface area contributed by atoms with Gasteiger partial charge in [-0.05, 0) is 19.4 Å². The lowest BCUT2D eigenvalue weighted by Crippen LogP contribution is -2.32. The van der Waals surface area contributed by atoms with Gasteiger partial charge in [-0.25, -0.2) is 0 Å². The maximum atomic E-state index is 11.8. The number of oxime groups is 1. The number of nitrogens with one attached hydrogen (secondary N) is 1. The second-order valence-electron chi connectivity index (χ2n) is 5.24. The molecule has 0 aromatic carbocycles. The molecule has 0 aromatic rings. The number of unbranched alkanes of at least 4 members (excludes halogenated alkanes) is 1. The normalized spacial score (nSPS) is 13.8. The first-order valence-electron chi connectivity index (χ1n) is 6.52.